The quantitative estimate of drug-likeness (QED) is 0.0255. The van der Waals surface area contributed by atoms with Gasteiger partial charge in [-0.3, -0.25) is 0 Å². The van der Waals surface area contributed by atoms with Crippen molar-refractivity contribution in [3.63, 3.8) is 0 Å². The molecule has 0 saturated heterocycles. The maximum atomic E-state index is 6.32. The van der Waals surface area contributed by atoms with Gasteiger partial charge in [-0.05, 0) is 262 Å². The summed E-state index contributed by atoms with van der Waals surface area (Å²) < 4.78 is 51.2. The standard InChI is InChI=1S/2C25H27NO2.C24H25NO3.C21H26N2O2/c1-18(19-9-7-10-20(17-19)27-2)26-15-8-16-28-25-23-13-5-3-11-21(23)22-12-4-6-14-24(22)25;1-18(19-8-5-9-22(16-19)27-2)26-13-6-14-28-23-11-12-25-21(17-23)15-20-7-3-4-10-24(20)25;1-17(18-7-5-8-19(15-18)26-2)25-13-6-14-27-20-11-12-22-21-9-3-4-10-23(21)28-24(22)16-20;1-15-14-23-21-9-8-19(13-20(15)21)25-11-5-10-22-16(2)17-6-4-7-18(12-17)24-3/h3-7,9-14,17-18,25-26H,8,15-16H2,1-2H3;3-5,7-12,16-18,26H,6,13-15H2,1-2H3;3-5,7-12,15-17,25H,6,13-14H2,1-2H3;4,6-9,12-14,16,22-23H,5,10-11H2,1-3H3/t2*18-;17-;16-/m1111/s1. The maximum Gasteiger partial charge on any atom is 0.139 e. The number of nitrogens with one attached hydrogen (secondary N) is 5. The van der Waals surface area contributed by atoms with E-state index in [2.05, 4.69) is 225 Å². The van der Waals surface area contributed by atoms with Crippen LogP contribution in [0.2, 0.25) is 0 Å². The van der Waals surface area contributed by atoms with Crippen molar-refractivity contribution >= 4 is 32.8 Å². The Balaban J connectivity index is 0.000000136. The Morgan fingerprint density at radius 1 is 0.358 bits per heavy atom. The third kappa shape index (κ3) is 20.9. The normalized spacial score (nSPS) is 12.9. The van der Waals surface area contributed by atoms with Crippen LogP contribution < -0.4 is 54.4 Å². The van der Waals surface area contributed by atoms with Crippen LogP contribution in [0.15, 0.2) is 259 Å². The largest absolute Gasteiger partial charge is 0.497 e. The van der Waals surface area contributed by atoms with E-state index in [0.717, 1.165) is 133 Å². The molecule has 0 amide bonds. The highest BCUT2D eigenvalue weighted by Gasteiger charge is 2.29. The third-order valence-electron chi connectivity index (χ3n) is 20.3. The number of hydrogen-bond acceptors (Lipinski definition) is 13. The Labute approximate surface area is 643 Å². The van der Waals surface area contributed by atoms with Crippen LogP contribution in [0, 0.1) is 6.92 Å². The van der Waals surface area contributed by atoms with Crippen molar-refractivity contribution in [3.05, 3.63) is 305 Å². The first-order valence-corrected chi connectivity index (χ1v) is 38.3. The van der Waals surface area contributed by atoms with Crippen molar-refractivity contribution in [2.75, 3.05) is 81.0 Å². The lowest BCUT2D eigenvalue weighted by atomic mass is 10.1. The summed E-state index contributed by atoms with van der Waals surface area (Å²) in [4.78, 5) is 3.25. The van der Waals surface area contributed by atoms with Gasteiger partial charge in [0.2, 0.25) is 0 Å². The van der Waals surface area contributed by atoms with E-state index >= 15 is 0 Å². The molecule has 0 spiro atoms. The molecule has 109 heavy (non-hydrogen) atoms. The van der Waals surface area contributed by atoms with Crippen molar-refractivity contribution in [2.45, 2.75) is 97.0 Å². The molecule has 2 aliphatic carbocycles. The van der Waals surface area contributed by atoms with Crippen molar-refractivity contribution in [1.82, 2.24) is 26.3 Å². The van der Waals surface area contributed by atoms with Crippen molar-refractivity contribution in [1.29, 1.82) is 0 Å². The zero-order valence-corrected chi connectivity index (χ0v) is 64.5. The molecule has 5 N–H and O–H groups in total. The van der Waals surface area contributed by atoms with E-state index in [-0.39, 0.29) is 30.3 Å². The van der Waals surface area contributed by atoms with Crippen LogP contribution in [0.5, 0.6) is 40.2 Å². The van der Waals surface area contributed by atoms with Gasteiger partial charge < -0.3 is 68.6 Å². The molecule has 0 unspecified atom stereocenters. The molecule has 2 aliphatic rings. The van der Waals surface area contributed by atoms with E-state index in [1.807, 2.05) is 91.1 Å². The highest BCUT2D eigenvalue weighted by molar-refractivity contribution is 6.05. The number of para-hydroxylation sites is 1. The monoisotopic (exact) mass is 1460 g/mol. The Kier molecular flexibility index (Phi) is 28.1. The van der Waals surface area contributed by atoms with Gasteiger partial charge in [-0.1, -0.05) is 146 Å². The van der Waals surface area contributed by atoms with Gasteiger partial charge in [0.15, 0.2) is 0 Å². The maximum absolute atomic E-state index is 6.32. The Bertz CT molecular complexity index is 4980. The van der Waals surface area contributed by atoms with Crippen LogP contribution in [0.1, 0.15) is 134 Å². The zero-order valence-electron chi connectivity index (χ0n) is 64.5. The summed E-state index contributed by atoms with van der Waals surface area (Å²) in [6, 6.07) is 86.5. The molecular formula is C95H105N5O9. The molecule has 2 heterocycles. The van der Waals surface area contributed by atoms with Gasteiger partial charge in [-0.15, -0.1) is 0 Å². The average Bonchev–Trinajstić information content (AvgIpc) is 1.62. The first-order chi connectivity index (χ1) is 53.4. The molecule has 4 atom stereocenters. The lowest BCUT2D eigenvalue weighted by Gasteiger charge is -2.17. The molecule has 15 rings (SSSR count). The highest BCUT2D eigenvalue weighted by Crippen LogP contribution is 2.45. The second-order valence-electron chi connectivity index (χ2n) is 27.8. The van der Waals surface area contributed by atoms with E-state index in [1.165, 1.54) is 77.7 Å². The lowest BCUT2D eigenvalue weighted by Crippen LogP contribution is -2.21. The van der Waals surface area contributed by atoms with Crippen LogP contribution in [0.4, 0.5) is 0 Å². The van der Waals surface area contributed by atoms with Gasteiger partial charge in [-0.25, -0.2) is 0 Å². The van der Waals surface area contributed by atoms with E-state index in [9.17, 15) is 0 Å². The number of methoxy groups -OCH3 is 4. The Morgan fingerprint density at radius 2 is 0.771 bits per heavy atom. The minimum absolute atomic E-state index is 0.0446. The van der Waals surface area contributed by atoms with E-state index in [1.54, 1.807) is 28.4 Å². The first-order valence-electron chi connectivity index (χ1n) is 38.3. The number of H-pyrrole nitrogens is 1. The summed E-state index contributed by atoms with van der Waals surface area (Å²) in [5.41, 5.74) is 19.7. The fourth-order valence-corrected chi connectivity index (χ4v) is 14.1. The number of fused-ring (bicyclic) bond motifs is 10. The summed E-state index contributed by atoms with van der Waals surface area (Å²) in [7, 11) is 6.79. The fraction of sp³-hybridized carbons (Fsp3) is 0.284. The molecule has 0 saturated carbocycles. The highest BCUT2D eigenvalue weighted by atomic mass is 16.5. The van der Waals surface area contributed by atoms with Crippen LogP contribution in [-0.2, 0) is 11.2 Å². The molecule has 564 valence electrons. The summed E-state index contributed by atoms with van der Waals surface area (Å²) in [6.07, 6.45) is 6.88. The van der Waals surface area contributed by atoms with Crippen LogP contribution in [-0.4, -0.2) is 86.0 Å². The van der Waals surface area contributed by atoms with E-state index in [4.69, 9.17) is 42.3 Å². The van der Waals surface area contributed by atoms with Crippen LogP contribution in [0.25, 0.3) is 55.1 Å². The smallest absolute Gasteiger partial charge is 0.139 e. The van der Waals surface area contributed by atoms with Gasteiger partial charge in [0.05, 0.1) is 48.3 Å². The number of aromatic amines is 1. The molecule has 14 nitrogen and oxygen atoms in total. The van der Waals surface area contributed by atoms with Gasteiger partial charge in [0, 0.05) is 64.7 Å². The Morgan fingerprint density at radius 3 is 1.28 bits per heavy atom. The number of rotatable bonds is 32. The molecule has 0 radical (unpaired) electrons. The number of ether oxygens (including phenoxy) is 8. The van der Waals surface area contributed by atoms with Gasteiger partial charge in [0.1, 0.15) is 57.5 Å². The predicted octanol–water partition coefficient (Wildman–Crippen LogP) is 21.2. The molecule has 2 aromatic heterocycles. The van der Waals surface area contributed by atoms with Crippen molar-refractivity contribution < 1.29 is 42.3 Å². The minimum atomic E-state index is 0.0446. The topological polar surface area (TPSA) is 151 Å². The fourth-order valence-electron chi connectivity index (χ4n) is 14.1. The molecule has 0 bridgehead atoms. The SMILES string of the molecule is COc1cccc([C@@H](C)NCCCOC2c3ccccc3-c3ccccc32)c1.COc1cccc([C@@H](C)NCCCOc2ccc3[nH]cc(C)c3c2)c1.COc1cccc([C@@H](C)NCCCOc2ccc3c(c2)Cc2ccccc2-3)c1.COc1cccc([C@@H](C)NCCCOc2ccc3c(c2)oc2ccccc23)c1. The number of benzene rings is 11. The molecule has 0 aliphatic heterocycles. The minimum Gasteiger partial charge on any atom is -0.497 e. The number of furan rings is 1. The van der Waals surface area contributed by atoms with E-state index in [0.29, 0.717) is 19.8 Å². The number of aryl methyl sites for hydroxylation is 1. The van der Waals surface area contributed by atoms with Gasteiger partial charge >= 0.3 is 0 Å². The molecule has 0 fully saturated rings. The second-order valence-corrected chi connectivity index (χ2v) is 27.8. The third-order valence-corrected chi connectivity index (χ3v) is 20.3. The Hall–Kier alpha value is -10.8. The second kappa shape index (κ2) is 39.3. The molecular weight excluding hydrogens is 1360 g/mol. The predicted molar refractivity (Wildman–Crippen MR) is 444 cm³/mol. The molecule has 14 heteroatoms. The van der Waals surface area contributed by atoms with Crippen molar-refractivity contribution in [3.8, 4) is 62.5 Å². The molecule has 11 aromatic carbocycles. The van der Waals surface area contributed by atoms with Crippen LogP contribution >= 0.6 is 0 Å². The summed E-state index contributed by atoms with van der Waals surface area (Å²) in [5, 5.41) is 17.7. The lowest BCUT2D eigenvalue weighted by molar-refractivity contribution is 0.0808. The van der Waals surface area contributed by atoms with Gasteiger partial charge in [0.25, 0.3) is 0 Å². The number of aromatic nitrogens is 1. The van der Waals surface area contributed by atoms with Crippen LogP contribution in [0.3, 0.4) is 0 Å². The van der Waals surface area contributed by atoms with E-state index < -0.39 is 0 Å². The van der Waals surface area contributed by atoms with Crippen molar-refractivity contribution in [2.24, 2.45) is 0 Å². The molecule has 13 aromatic rings. The number of hydrogen-bond donors (Lipinski definition) is 5. The first kappa shape index (κ1) is 77.8. The summed E-state index contributed by atoms with van der Waals surface area (Å²) in [6.45, 7) is 17.2. The van der Waals surface area contributed by atoms with Gasteiger partial charge in [-0.2, -0.15) is 0 Å². The summed E-state index contributed by atoms with van der Waals surface area (Å²) in [5.74, 6) is 6.30. The zero-order chi connectivity index (χ0) is 75.7. The summed E-state index contributed by atoms with van der Waals surface area (Å²) >= 11 is 0. The average molecular weight is 1460 g/mol.